The van der Waals surface area contributed by atoms with E-state index in [9.17, 15) is 28.5 Å². The van der Waals surface area contributed by atoms with Crippen LogP contribution in [0.25, 0.3) is 22.3 Å². The summed E-state index contributed by atoms with van der Waals surface area (Å²) in [6.45, 7) is 2.93. The van der Waals surface area contributed by atoms with Gasteiger partial charge in [0.2, 0.25) is 0 Å². The molecule has 10 rings (SSSR count). The van der Waals surface area contributed by atoms with Crippen LogP contribution < -0.4 is 21.3 Å². The minimum atomic E-state index is -5.41. The first-order valence-corrected chi connectivity index (χ1v) is 24.6. The Bertz CT molecular complexity index is 2730. The minimum absolute atomic E-state index is 0.129. The van der Waals surface area contributed by atoms with Gasteiger partial charge in [-0.25, -0.2) is 43.6 Å². The summed E-state index contributed by atoms with van der Waals surface area (Å²) in [5.41, 5.74) is 2.89. The van der Waals surface area contributed by atoms with E-state index >= 15 is 0 Å². The molecule has 0 bridgehead atoms. The predicted molar refractivity (Wildman–Crippen MR) is 237 cm³/mol. The van der Waals surface area contributed by atoms with Crippen LogP contribution >= 0.6 is 15.6 Å². The number of benzene rings is 2. The molecule has 364 valence electrons. The average Bonchev–Trinajstić information content (AvgIpc) is 4.20. The van der Waals surface area contributed by atoms with Crippen LogP contribution in [0.5, 0.6) is 0 Å². The lowest BCUT2D eigenvalue weighted by Gasteiger charge is -2.23. The first-order valence-electron chi connectivity index (χ1n) is 21.7. The van der Waals surface area contributed by atoms with Gasteiger partial charge in [0.25, 0.3) is 0 Å². The van der Waals surface area contributed by atoms with Crippen molar-refractivity contribution in [2.75, 3.05) is 36.9 Å². The van der Waals surface area contributed by atoms with Crippen molar-refractivity contribution in [2.45, 2.75) is 75.5 Å². The maximum absolute atomic E-state index is 13.4. The van der Waals surface area contributed by atoms with E-state index in [-0.39, 0.29) is 17.0 Å². The Morgan fingerprint density at radius 2 is 1.12 bits per heavy atom. The molecule has 69 heavy (non-hydrogen) atoms. The fourth-order valence-electron chi connectivity index (χ4n) is 8.42. The molecule has 4 aliphatic rings. The largest absolute Gasteiger partial charge is 0.481 e. The molecular weight excluding hydrogens is 948 g/mol. The molecule has 8 heterocycles. The van der Waals surface area contributed by atoms with Crippen molar-refractivity contribution < 1.29 is 70.3 Å². The van der Waals surface area contributed by atoms with Gasteiger partial charge in [0.15, 0.2) is 47.7 Å². The zero-order valence-electron chi connectivity index (χ0n) is 36.5. The number of phosphoric ester groups is 2. The second-order valence-corrected chi connectivity index (χ2v) is 18.9. The quantitative estimate of drug-likeness (QED) is 0.0724. The second kappa shape index (κ2) is 19.5. The molecule has 4 fully saturated rings. The van der Waals surface area contributed by atoms with Gasteiger partial charge in [-0.15, -0.1) is 0 Å². The van der Waals surface area contributed by atoms with Crippen LogP contribution in [0.3, 0.4) is 0 Å². The van der Waals surface area contributed by atoms with Crippen LogP contribution in [0.2, 0.25) is 0 Å². The van der Waals surface area contributed by atoms with Crippen LogP contribution in [0.4, 0.5) is 21.1 Å². The number of ether oxygens (including phenoxy) is 6. The minimum Gasteiger partial charge on any atom is -0.347 e. The Labute approximate surface area is 391 Å². The van der Waals surface area contributed by atoms with Crippen LogP contribution in [0.1, 0.15) is 50.0 Å². The predicted octanol–water partition coefficient (Wildman–Crippen LogP) is 4.57. The maximum atomic E-state index is 13.4. The molecule has 2 aromatic carbocycles. The maximum Gasteiger partial charge on any atom is 0.481 e. The molecule has 4 aliphatic heterocycles. The van der Waals surface area contributed by atoms with Crippen LogP contribution in [0.15, 0.2) is 91.9 Å². The van der Waals surface area contributed by atoms with Crippen LogP contribution in [-0.4, -0.2) is 119 Å². The highest BCUT2D eigenvalue weighted by molar-refractivity contribution is 7.61. The van der Waals surface area contributed by atoms with E-state index in [4.69, 9.17) is 41.8 Å². The summed E-state index contributed by atoms with van der Waals surface area (Å²) in [6, 6.07) is 18.7. The number of nitrogens with one attached hydrogen (secondary N) is 4. The molecule has 4 saturated heterocycles. The Morgan fingerprint density at radius 1 is 0.623 bits per heavy atom. The standard InChI is InChI=1S/C41H45N11O15P2/c1-3-42-40(53)49-24-15-16-44-34-27(24)47-20-51(34)36-31-29(63-38(65-31)22-11-7-5-8-12-22)25(61-36)17-59-68(55,56)67-69(57,58)60-18-26-30-32(66-39(64-30)23-13-9-6-10-14-23)37(62-26)52-21-48-28-33(45-19-46-35(28)52)50-41(54)43-4-2/h5-16,19-21,25-26,29-32,36-39H,3-4,17-18H2,1-2H3,(H,55,56)(H,57,58)(H2,42,44,49,53)(H2,43,45,46,50,54)/t25-,26-,29+,30?,31?,32?,36-,37-,38+,39-/m1/s1. The molecule has 12 atom stereocenters. The Morgan fingerprint density at radius 3 is 1.65 bits per heavy atom. The lowest BCUT2D eigenvalue weighted by molar-refractivity contribution is -0.153. The summed E-state index contributed by atoms with van der Waals surface area (Å²) < 4.78 is 83.3. The number of anilines is 2. The number of hydrogen-bond acceptors (Lipinski definition) is 18. The number of aromatic nitrogens is 7. The van der Waals surface area contributed by atoms with Gasteiger partial charge in [0.05, 0.1) is 31.6 Å². The topological polar surface area (TPSA) is 314 Å². The summed E-state index contributed by atoms with van der Waals surface area (Å²) in [5, 5.41) is 10.7. The van der Waals surface area contributed by atoms with Gasteiger partial charge in [0, 0.05) is 30.4 Å². The van der Waals surface area contributed by atoms with Crippen molar-refractivity contribution in [3.8, 4) is 0 Å². The lowest BCUT2D eigenvalue weighted by atomic mass is 10.1. The summed E-state index contributed by atoms with van der Waals surface area (Å²) >= 11 is 0. The number of urea groups is 2. The number of phosphoric acid groups is 2. The summed E-state index contributed by atoms with van der Waals surface area (Å²) in [7, 11) is -10.8. The second-order valence-electron chi connectivity index (χ2n) is 15.8. The zero-order chi connectivity index (χ0) is 47.9. The van der Waals surface area contributed by atoms with E-state index in [0.717, 1.165) is 0 Å². The van der Waals surface area contributed by atoms with E-state index in [2.05, 4.69) is 46.2 Å². The highest BCUT2D eigenvalue weighted by Gasteiger charge is 2.56. The zero-order valence-corrected chi connectivity index (χ0v) is 38.3. The smallest absolute Gasteiger partial charge is 0.347 e. The fraction of sp³-hybridized carbons (Fsp3) is 0.390. The molecule has 6 aromatic rings. The molecule has 4 aromatic heterocycles. The third kappa shape index (κ3) is 9.72. The van der Waals surface area contributed by atoms with E-state index in [0.29, 0.717) is 41.1 Å². The number of hydrogen-bond donors (Lipinski definition) is 6. The molecule has 0 spiro atoms. The van der Waals surface area contributed by atoms with Gasteiger partial charge in [-0.05, 0) is 19.9 Å². The third-order valence-corrected chi connectivity index (χ3v) is 14.0. The van der Waals surface area contributed by atoms with Gasteiger partial charge < -0.3 is 54.2 Å². The summed E-state index contributed by atoms with van der Waals surface area (Å²) in [5.74, 6) is 0.129. The molecule has 0 saturated carbocycles. The first-order chi connectivity index (χ1) is 33.4. The summed E-state index contributed by atoms with van der Waals surface area (Å²) in [4.78, 5) is 68.3. The molecular formula is C41H45N11O15P2. The normalized spacial score (nSPS) is 27.9. The van der Waals surface area contributed by atoms with Gasteiger partial charge >= 0.3 is 27.7 Å². The molecule has 4 amide bonds. The number of nitrogens with zero attached hydrogens (tertiary/aromatic N) is 7. The number of fused-ring (bicyclic) bond motifs is 4. The molecule has 26 nitrogen and oxygen atoms in total. The van der Waals surface area contributed by atoms with Crippen molar-refractivity contribution in [1.29, 1.82) is 0 Å². The lowest BCUT2D eigenvalue weighted by Crippen LogP contribution is -2.32. The van der Waals surface area contributed by atoms with E-state index < -0.39 is 103 Å². The number of amides is 4. The van der Waals surface area contributed by atoms with Gasteiger partial charge in [-0.3, -0.25) is 23.5 Å². The SMILES string of the molecule is CCNC(=O)Nc1ncnc2c1ncn2[C@@H]1O[C@H](COP(=O)(O)OP(=O)(O)OC[C@H]2O[C@@H](n3cnc4c(NC(=O)NCC)ccnc43)C3O[C@@H](c4ccccc4)O[C@H]32)C2O[C@@H](c3ccccc3)OC21. The number of rotatable bonds is 16. The van der Waals surface area contributed by atoms with Crippen molar-refractivity contribution in [1.82, 2.24) is 44.7 Å². The van der Waals surface area contributed by atoms with Crippen molar-refractivity contribution in [3.63, 3.8) is 0 Å². The highest BCUT2D eigenvalue weighted by atomic mass is 31.3. The van der Waals surface area contributed by atoms with Crippen molar-refractivity contribution >= 4 is 61.5 Å². The van der Waals surface area contributed by atoms with Gasteiger partial charge in [-0.1, -0.05) is 60.7 Å². The molecule has 0 radical (unpaired) electrons. The van der Waals surface area contributed by atoms with Gasteiger partial charge in [0.1, 0.15) is 48.5 Å². The first kappa shape index (κ1) is 46.9. The van der Waals surface area contributed by atoms with Gasteiger partial charge in [-0.2, -0.15) is 4.31 Å². The highest BCUT2D eigenvalue weighted by Crippen LogP contribution is 2.61. The average molecular weight is 994 g/mol. The molecule has 5 unspecified atom stereocenters. The van der Waals surface area contributed by atoms with E-state index in [1.165, 1.54) is 29.7 Å². The third-order valence-electron chi connectivity index (χ3n) is 11.4. The number of carbonyl (C=O) groups excluding carboxylic acids is 2. The number of carbonyl (C=O) groups is 2. The van der Waals surface area contributed by atoms with E-state index in [1.807, 2.05) is 24.3 Å². The Hall–Kier alpha value is -5.83. The number of pyridine rings is 1. The summed E-state index contributed by atoms with van der Waals surface area (Å²) in [6.07, 6.45) is -3.99. The van der Waals surface area contributed by atoms with Crippen LogP contribution in [0, 0.1) is 0 Å². The van der Waals surface area contributed by atoms with Crippen molar-refractivity contribution in [2.24, 2.45) is 0 Å². The molecule has 0 aliphatic carbocycles. The van der Waals surface area contributed by atoms with Crippen LogP contribution in [-0.2, 0) is 50.9 Å². The monoisotopic (exact) mass is 993 g/mol. The number of imidazole rings is 2. The Kier molecular flexibility index (Phi) is 13.3. The Balaban J connectivity index is 0.832. The van der Waals surface area contributed by atoms with Crippen molar-refractivity contribution in [3.05, 3.63) is 103 Å². The van der Waals surface area contributed by atoms with E-state index in [1.54, 1.807) is 60.9 Å². The fourth-order valence-corrected chi connectivity index (χ4v) is 10.5. The molecule has 6 N–H and O–H groups in total. The molecule has 28 heteroatoms.